The number of hydrogen-bond acceptors (Lipinski definition) is 7. The number of fused-ring (bicyclic) bond motifs is 3. The van der Waals surface area contributed by atoms with Gasteiger partial charge in [0.05, 0.1) is 11.5 Å². The van der Waals surface area contributed by atoms with Crippen molar-refractivity contribution in [1.82, 2.24) is 0 Å². The Hall–Kier alpha value is -0.990. The van der Waals surface area contributed by atoms with Crippen molar-refractivity contribution in [3.8, 4) is 0 Å². The molecule has 3 fully saturated rings. The summed E-state index contributed by atoms with van der Waals surface area (Å²) in [6.07, 6.45) is 2.57. The zero-order valence-electron chi connectivity index (χ0n) is 17.3. The van der Waals surface area contributed by atoms with Gasteiger partial charge in [0.25, 0.3) is 0 Å². The molecule has 2 heterocycles. The summed E-state index contributed by atoms with van der Waals surface area (Å²) in [5, 5.41) is 10.9. The van der Waals surface area contributed by atoms with Gasteiger partial charge in [-0.2, -0.15) is 0 Å². The van der Waals surface area contributed by atoms with Gasteiger partial charge in [-0.25, -0.2) is 0 Å². The molecule has 1 N–H and O–H groups in total. The van der Waals surface area contributed by atoms with Crippen molar-refractivity contribution in [2.75, 3.05) is 6.61 Å². The fourth-order valence-electron chi connectivity index (χ4n) is 4.76. The Balaban J connectivity index is 1.43. The van der Waals surface area contributed by atoms with Gasteiger partial charge in [-0.3, -0.25) is 4.79 Å². The normalized spacial score (nSPS) is 43.9. The van der Waals surface area contributed by atoms with Crippen molar-refractivity contribution in [2.45, 2.75) is 89.6 Å². The van der Waals surface area contributed by atoms with Crippen LogP contribution in [-0.2, 0) is 28.5 Å². The average Bonchev–Trinajstić information content (AvgIpc) is 3.27. The lowest BCUT2D eigenvalue weighted by Gasteiger charge is -2.42. The molecule has 0 amide bonds. The van der Waals surface area contributed by atoms with E-state index >= 15 is 0 Å². The molecule has 4 rings (SSSR count). The quantitative estimate of drug-likeness (QED) is 0.576. The van der Waals surface area contributed by atoms with Crippen molar-refractivity contribution in [3.63, 3.8) is 0 Å². The van der Waals surface area contributed by atoms with Crippen LogP contribution < -0.4 is 0 Å². The second-order valence-electron chi connectivity index (χ2n) is 9.85. The van der Waals surface area contributed by atoms with Gasteiger partial charge in [0.15, 0.2) is 12.1 Å². The Bertz CT molecular complexity index is 637. The zero-order chi connectivity index (χ0) is 20.3. The molecule has 0 aromatic heterocycles. The first kappa shape index (κ1) is 20.3. The molecule has 3 unspecified atom stereocenters. The summed E-state index contributed by atoms with van der Waals surface area (Å²) in [5.41, 5.74) is -0.505. The Morgan fingerprint density at radius 1 is 1.21 bits per heavy atom. The van der Waals surface area contributed by atoms with Crippen LogP contribution in [0.5, 0.6) is 0 Å². The highest BCUT2D eigenvalue weighted by Gasteiger charge is 2.55. The Kier molecular flexibility index (Phi) is 5.11. The predicted molar refractivity (Wildman–Crippen MR) is 99.1 cm³/mol. The highest BCUT2D eigenvalue weighted by molar-refractivity contribution is 5.74. The van der Waals surface area contributed by atoms with E-state index in [9.17, 15) is 9.90 Å². The van der Waals surface area contributed by atoms with Crippen LogP contribution in [0, 0.1) is 17.8 Å². The third-order valence-electron chi connectivity index (χ3n) is 5.90. The van der Waals surface area contributed by atoms with Gasteiger partial charge in [-0.1, -0.05) is 12.2 Å². The molecule has 0 spiro atoms. The minimum Gasteiger partial charge on any atom is -0.463 e. The smallest absolute Gasteiger partial charge is 0.309 e. The lowest BCUT2D eigenvalue weighted by atomic mass is 9.94. The van der Waals surface area contributed by atoms with Crippen LogP contribution in [0.2, 0.25) is 0 Å². The lowest BCUT2D eigenvalue weighted by molar-refractivity contribution is -0.281. The minimum atomic E-state index is -0.950. The van der Waals surface area contributed by atoms with Gasteiger partial charge in [-0.05, 0) is 59.3 Å². The van der Waals surface area contributed by atoms with Crippen molar-refractivity contribution < 1.29 is 33.6 Å². The summed E-state index contributed by atoms with van der Waals surface area (Å²) in [6.45, 7) is 9.30. The highest BCUT2D eigenvalue weighted by atomic mass is 16.8. The first-order valence-corrected chi connectivity index (χ1v) is 10.2. The molecule has 7 heteroatoms. The van der Waals surface area contributed by atoms with Gasteiger partial charge < -0.3 is 28.8 Å². The first-order chi connectivity index (χ1) is 13.0. The second-order valence-corrected chi connectivity index (χ2v) is 9.85. The number of hydrogen-bond donors (Lipinski definition) is 1. The van der Waals surface area contributed by atoms with Crippen molar-refractivity contribution in [2.24, 2.45) is 17.8 Å². The van der Waals surface area contributed by atoms with Gasteiger partial charge in [0, 0.05) is 0 Å². The molecule has 4 aliphatic rings. The number of ether oxygens (including phenoxy) is 5. The molecule has 1 saturated carbocycles. The lowest BCUT2D eigenvalue weighted by Crippen LogP contribution is -2.60. The maximum atomic E-state index is 12.6. The summed E-state index contributed by atoms with van der Waals surface area (Å²) < 4.78 is 29.3. The maximum absolute atomic E-state index is 12.6. The van der Waals surface area contributed by atoms with E-state index in [2.05, 4.69) is 12.2 Å². The molecule has 28 heavy (non-hydrogen) atoms. The molecule has 158 valence electrons. The first-order valence-electron chi connectivity index (χ1n) is 10.2. The van der Waals surface area contributed by atoms with Gasteiger partial charge in [0.2, 0.25) is 0 Å². The maximum Gasteiger partial charge on any atom is 0.309 e. The monoisotopic (exact) mass is 396 g/mol. The van der Waals surface area contributed by atoms with Crippen LogP contribution in [0.15, 0.2) is 12.2 Å². The third-order valence-corrected chi connectivity index (χ3v) is 5.90. The molecular formula is C21H32O7. The zero-order valence-corrected chi connectivity index (χ0v) is 17.3. The molecular weight excluding hydrogens is 364 g/mol. The van der Waals surface area contributed by atoms with E-state index in [1.165, 1.54) is 0 Å². The molecule has 2 bridgehead atoms. The largest absolute Gasteiger partial charge is 0.463 e. The van der Waals surface area contributed by atoms with Crippen LogP contribution in [0.4, 0.5) is 0 Å². The van der Waals surface area contributed by atoms with Crippen LogP contribution >= 0.6 is 0 Å². The summed E-state index contributed by atoms with van der Waals surface area (Å²) in [7, 11) is 0. The van der Waals surface area contributed by atoms with Crippen molar-refractivity contribution in [1.29, 1.82) is 0 Å². The summed E-state index contributed by atoms with van der Waals surface area (Å²) >= 11 is 0. The molecule has 0 aromatic rings. The van der Waals surface area contributed by atoms with Crippen molar-refractivity contribution in [3.05, 3.63) is 12.2 Å². The van der Waals surface area contributed by atoms with Crippen molar-refractivity contribution >= 4 is 5.97 Å². The van der Waals surface area contributed by atoms with Gasteiger partial charge in [-0.15, -0.1) is 0 Å². The van der Waals surface area contributed by atoms with Crippen LogP contribution in [0.3, 0.4) is 0 Å². The number of esters is 1. The Morgan fingerprint density at radius 2 is 1.96 bits per heavy atom. The SMILES string of the molecule is CC(C)(C)O[C@@H]1[C@H](O)[C@H]2OC(C)(C)O[C@H]2O[C@@H]1COC(=O)C1CC2C=CC1C2. The van der Waals surface area contributed by atoms with E-state index in [1.54, 1.807) is 13.8 Å². The van der Waals surface area contributed by atoms with E-state index in [0.29, 0.717) is 5.92 Å². The molecule has 7 nitrogen and oxygen atoms in total. The topological polar surface area (TPSA) is 83.5 Å². The minimum absolute atomic E-state index is 0.0151. The molecule has 0 aromatic carbocycles. The number of carbonyl (C=O) groups excluding carboxylic acids is 1. The second kappa shape index (κ2) is 7.06. The van der Waals surface area contributed by atoms with Crippen LogP contribution in [0.1, 0.15) is 47.5 Å². The van der Waals surface area contributed by atoms with E-state index in [4.69, 9.17) is 23.7 Å². The van der Waals surface area contributed by atoms with E-state index in [1.807, 2.05) is 20.8 Å². The molecule has 8 atom stereocenters. The van der Waals surface area contributed by atoms with Gasteiger partial charge in [0.1, 0.15) is 31.0 Å². The number of aliphatic hydroxyl groups excluding tert-OH is 1. The van der Waals surface area contributed by atoms with Crippen LogP contribution in [-0.4, -0.2) is 59.8 Å². The number of aliphatic hydroxyl groups is 1. The van der Waals surface area contributed by atoms with E-state index in [0.717, 1.165) is 12.8 Å². The predicted octanol–water partition coefficient (Wildman–Crippen LogP) is 2.16. The van der Waals surface area contributed by atoms with Gasteiger partial charge >= 0.3 is 5.97 Å². The summed E-state index contributed by atoms with van der Waals surface area (Å²) in [6, 6.07) is 0. The van der Waals surface area contributed by atoms with Crippen LogP contribution in [0.25, 0.3) is 0 Å². The summed E-state index contributed by atoms with van der Waals surface area (Å²) in [4.78, 5) is 12.6. The van der Waals surface area contributed by atoms with E-state index < -0.39 is 42.1 Å². The standard InChI is InChI=1S/C21H32O7/c1-20(2,3)26-16-14(25-19-17(15(16)22)27-21(4,5)28-19)10-24-18(23)13-9-11-6-7-12(13)8-11/h6-7,11-17,19,22H,8-10H2,1-5H3/t11?,12?,13?,14-,15+,16+,17-,19-/m1/s1. The molecule has 2 aliphatic heterocycles. The highest BCUT2D eigenvalue weighted by Crippen LogP contribution is 2.44. The Labute approximate surface area is 166 Å². The number of rotatable bonds is 4. The molecule has 2 saturated heterocycles. The Morgan fingerprint density at radius 3 is 2.57 bits per heavy atom. The van der Waals surface area contributed by atoms with E-state index in [-0.39, 0.29) is 24.4 Å². The number of allylic oxidation sites excluding steroid dienone is 2. The fraction of sp³-hybridized carbons (Fsp3) is 0.857. The molecule has 2 aliphatic carbocycles. The molecule has 0 radical (unpaired) electrons. The fourth-order valence-corrected chi connectivity index (χ4v) is 4.76. The number of carbonyl (C=O) groups is 1. The summed E-state index contributed by atoms with van der Waals surface area (Å²) in [5.74, 6) is -0.351. The average molecular weight is 396 g/mol. The third kappa shape index (κ3) is 4.00.